The van der Waals surface area contributed by atoms with Gasteiger partial charge < -0.3 is 20.5 Å². The number of imidazole rings is 1. The van der Waals surface area contributed by atoms with Crippen molar-refractivity contribution in [1.29, 1.82) is 0 Å². The smallest absolute Gasteiger partial charge is 0.283 e. The van der Waals surface area contributed by atoms with E-state index in [4.69, 9.17) is 10.7 Å². The van der Waals surface area contributed by atoms with Crippen LogP contribution in [-0.4, -0.2) is 58.7 Å². The van der Waals surface area contributed by atoms with Crippen LogP contribution in [0.1, 0.15) is 15.4 Å². The lowest BCUT2D eigenvalue weighted by Gasteiger charge is -2.12. The normalized spacial score (nSPS) is 11.2. The maximum atomic E-state index is 12.9. The predicted molar refractivity (Wildman–Crippen MR) is 142 cm³/mol. The zero-order valence-electron chi connectivity index (χ0n) is 19.1. The SMILES string of the molecule is CN(C)CCNc1cc(-c2ccccc2)c2c(N)c(C(=O)N/N=C/c3cncn3C)sc2n1.Cl. The first-order valence-corrected chi connectivity index (χ1v) is 11.2. The molecule has 3 heterocycles. The molecule has 1 aromatic carbocycles. The molecule has 0 fully saturated rings. The molecule has 11 heteroatoms. The fraction of sp³-hybridized carbons (Fsp3) is 0.217. The summed E-state index contributed by atoms with van der Waals surface area (Å²) in [4.78, 5) is 24.8. The van der Waals surface area contributed by atoms with E-state index in [1.807, 2.05) is 57.5 Å². The van der Waals surface area contributed by atoms with Crippen molar-refractivity contribution in [2.75, 3.05) is 38.2 Å². The number of fused-ring (bicyclic) bond motifs is 1. The largest absolute Gasteiger partial charge is 0.397 e. The minimum atomic E-state index is -0.380. The molecule has 4 aromatic rings. The van der Waals surface area contributed by atoms with Crippen molar-refractivity contribution in [3.63, 3.8) is 0 Å². The van der Waals surface area contributed by atoms with Crippen LogP contribution in [0.2, 0.25) is 0 Å². The van der Waals surface area contributed by atoms with E-state index in [2.05, 4.69) is 25.7 Å². The quantitative estimate of drug-likeness (QED) is 0.253. The summed E-state index contributed by atoms with van der Waals surface area (Å²) in [5, 5.41) is 8.19. The maximum Gasteiger partial charge on any atom is 0.283 e. The number of halogens is 1. The van der Waals surface area contributed by atoms with Gasteiger partial charge in [-0.25, -0.2) is 15.4 Å². The number of pyridine rings is 1. The summed E-state index contributed by atoms with van der Waals surface area (Å²) in [6.07, 6.45) is 4.85. The Balaban J connectivity index is 0.00000324. The second-order valence-electron chi connectivity index (χ2n) is 7.80. The number of rotatable bonds is 8. The van der Waals surface area contributed by atoms with Gasteiger partial charge in [0, 0.05) is 25.5 Å². The van der Waals surface area contributed by atoms with Gasteiger partial charge >= 0.3 is 0 Å². The predicted octanol–water partition coefficient (Wildman–Crippen LogP) is 3.44. The molecule has 0 bridgehead atoms. The van der Waals surface area contributed by atoms with Gasteiger partial charge in [0.15, 0.2) is 0 Å². The number of anilines is 2. The van der Waals surface area contributed by atoms with Crippen molar-refractivity contribution in [1.82, 2.24) is 24.9 Å². The van der Waals surface area contributed by atoms with Crippen LogP contribution < -0.4 is 16.5 Å². The van der Waals surface area contributed by atoms with Crippen molar-refractivity contribution in [3.05, 3.63) is 59.5 Å². The zero-order chi connectivity index (χ0) is 23.4. The molecule has 3 aromatic heterocycles. The first-order valence-electron chi connectivity index (χ1n) is 10.4. The van der Waals surface area contributed by atoms with Gasteiger partial charge in [-0.05, 0) is 31.3 Å². The highest BCUT2D eigenvalue weighted by molar-refractivity contribution is 7.21. The van der Waals surface area contributed by atoms with Gasteiger partial charge in [-0.2, -0.15) is 5.10 Å². The van der Waals surface area contributed by atoms with Crippen molar-refractivity contribution >= 4 is 57.6 Å². The maximum absolute atomic E-state index is 12.9. The monoisotopic (exact) mass is 498 g/mol. The van der Waals surface area contributed by atoms with Crippen LogP contribution in [-0.2, 0) is 7.05 Å². The third kappa shape index (κ3) is 5.53. The second kappa shape index (κ2) is 11.1. The van der Waals surface area contributed by atoms with Crippen molar-refractivity contribution in [2.45, 2.75) is 0 Å². The summed E-state index contributed by atoms with van der Waals surface area (Å²) in [6.45, 7) is 1.62. The van der Waals surface area contributed by atoms with E-state index in [0.29, 0.717) is 15.4 Å². The number of nitrogen functional groups attached to an aromatic ring is 1. The number of nitrogens with one attached hydrogen (secondary N) is 2. The summed E-state index contributed by atoms with van der Waals surface area (Å²) >= 11 is 1.26. The van der Waals surface area contributed by atoms with Crippen LogP contribution in [0.25, 0.3) is 21.3 Å². The lowest BCUT2D eigenvalue weighted by Crippen LogP contribution is -2.21. The molecule has 0 spiro atoms. The molecule has 9 nitrogen and oxygen atoms in total. The number of nitrogens with zero attached hydrogens (tertiary/aromatic N) is 5. The minimum absolute atomic E-state index is 0. The van der Waals surface area contributed by atoms with E-state index in [-0.39, 0.29) is 18.3 Å². The van der Waals surface area contributed by atoms with Gasteiger partial charge in [0.25, 0.3) is 5.91 Å². The molecular formula is C23H27ClN8OS. The highest BCUT2D eigenvalue weighted by atomic mass is 35.5. The lowest BCUT2D eigenvalue weighted by molar-refractivity contribution is 0.0960. The van der Waals surface area contributed by atoms with E-state index in [0.717, 1.165) is 41.1 Å². The molecule has 0 aliphatic carbocycles. The fourth-order valence-corrected chi connectivity index (χ4v) is 4.34. The summed E-state index contributed by atoms with van der Waals surface area (Å²) in [7, 11) is 5.89. The molecule has 0 radical (unpaired) electrons. The Morgan fingerprint density at radius 3 is 2.74 bits per heavy atom. The van der Waals surface area contributed by atoms with E-state index in [1.54, 1.807) is 17.1 Å². The molecule has 178 valence electrons. The summed E-state index contributed by atoms with van der Waals surface area (Å²) in [5.41, 5.74) is 12.1. The van der Waals surface area contributed by atoms with Crippen LogP contribution in [0, 0.1) is 0 Å². The lowest BCUT2D eigenvalue weighted by atomic mass is 10.0. The molecule has 0 saturated heterocycles. The van der Waals surface area contributed by atoms with Gasteiger partial charge in [0.1, 0.15) is 15.5 Å². The summed E-state index contributed by atoms with van der Waals surface area (Å²) in [6, 6.07) is 11.9. The number of carbonyl (C=O) groups is 1. The van der Waals surface area contributed by atoms with Crippen LogP contribution >= 0.6 is 23.7 Å². The molecule has 0 unspecified atom stereocenters. The Labute approximate surface area is 208 Å². The average molecular weight is 499 g/mol. The van der Waals surface area contributed by atoms with Gasteiger partial charge in [-0.15, -0.1) is 23.7 Å². The molecule has 34 heavy (non-hydrogen) atoms. The number of benzene rings is 1. The van der Waals surface area contributed by atoms with Gasteiger partial charge in [0.2, 0.25) is 0 Å². The Morgan fingerprint density at radius 2 is 2.06 bits per heavy atom. The highest BCUT2D eigenvalue weighted by Crippen LogP contribution is 2.40. The van der Waals surface area contributed by atoms with Crippen molar-refractivity contribution in [3.8, 4) is 11.1 Å². The number of likely N-dealkylation sites (N-methyl/N-ethyl adjacent to an activating group) is 1. The number of hydrogen-bond acceptors (Lipinski definition) is 8. The van der Waals surface area contributed by atoms with E-state index in [1.165, 1.54) is 17.6 Å². The number of aromatic nitrogens is 3. The van der Waals surface area contributed by atoms with Gasteiger partial charge in [0.05, 0.1) is 30.1 Å². The second-order valence-corrected chi connectivity index (χ2v) is 8.80. The van der Waals surface area contributed by atoms with Crippen LogP contribution in [0.5, 0.6) is 0 Å². The van der Waals surface area contributed by atoms with E-state index in [9.17, 15) is 4.79 Å². The average Bonchev–Trinajstić information content (AvgIpc) is 3.36. The topological polar surface area (TPSA) is 113 Å². The molecule has 1 amide bonds. The Bertz CT molecular complexity index is 1300. The third-order valence-electron chi connectivity index (χ3n) is 5.07. The fourth-order valence-electron chi connectivity index (χ4n) is 3.33. The van der Waals surface area contributed by atoms with E-state index < -0.39 is 0 Å². The molecular weight excluding hydrogens is 472 g/mol. The highest BCUT2D eigenvalue weighted by Gasteiger charge is 2.21. The molecule has 4 rings (SSSR count). The first-order chi connectivity index (χ1) is 15.9. The summed E-state index contributed by atoms with van der Waals surface area (Å²) < 4.78 is 1.80. The Hall–Kier alpha value is -3.47. The van der Waals surface area contributed by atoms with Crippen molar-refractivity contribution in [2.24, 2.45) is 12.1 Å². The van der Waals surface area contributed by atoms with Gasteiger partial charge in [-0.1, -0.05) is 30.3 Å². The number of hydrogen-bond donors (Lipinski definition) is 3. The zero-order valence-corrected chi connectivity index (χ0v) is 20.8. The number of thiophene rings is 1. The molecule has 4 N–H and O–H groups in total. The molecule has 0 atom stereocenters. The van der Waals surface area contributed by atoms with Crippen molar-refractivity contribution < 1.29 is 4.79 Å². The Morgan fingerprint density at radius 1 is 1.29 bits per heavy atom. The van der Waals surface area contributed by atoms with Crippen LogP contribution in [0.15, 0.2) is 54.0 Å². The number of hydrazone groups is 1. The number of amides is 1. The van der Waals surface area contributed by atoms with E-state index >= 15 is 0 Å². The summed E-state index contributed by atoms with van der Waals surface area (Å²) in [5.74, 6) is 0.362. The molecule has 0 aliphatic heterocycles. The first kappa shape index (κ1) is 25.2. The standard InChI is InChI=1S/C23H26N8OS.ClH/c1-30(2)10-9-26-18-11-17(15-7-5-4-6-8-15)19-20(24)21(33-23(19)28-18)22(32)29-27-13-16-12-25-14-31(16)3;/h4-8,11-14H,9-10,24H2,1-3H3,(H,26,28)(H,29,32);1H/b27-13+;. The number of carbonyl (C=O) groups excluding carboxylic acids is 1. The van der Waals surface area contributed by atoms with Gasteiger partial charge in [-0.3, -0.25) is 4.79 Å². The minimum Gasteiger partial charge on any atom is -0.397 e. The molecule has 0 aliphatic rings. The third-order valence-corrected chi connectivity index (χ3v) is 6.17. The molecule has 0 saturated carbocycles. The number of nitrogens with two attached hydrogens (primary N) is 1. The number of aryl methyl sites for hydroxylation is 1. The van der Waals surface area contributed by atoms with Crippen LogP contribution in [0.3, 0.4) is 0 Å². The Kier molecular flexibility index (Phi) is 8.21. The van der Waals surface area contributed by atoms with Crippen LogP contribution in [0.4, 0.5) is 11.5 Å².